The summed E-state index contributed by atoms with van der Waals surface area (Å²) in [4.78, 5) is 11.3. The van der Waals surface area contributed by atoms with Crippen molar-refractivity contribution in [3.8, 4) is 0 Å². The molecule has 0 saturated heterocycles. The van der Waals surface area contributed by atoms with E-state index in [0.717, 1.165) is 0 Å². The molecule has 0 spiro atoms. The minimum atomic E-state index is -0.866. The molecule has 1 N–H and O–H groups in total. The van der Waals surface area contributed by atoms with Crippen molar-refractivity contribution < 1.29 is 14.3 Å². The smallest absolute Gasteiger partial charge is 0.309 e. The second kappa shape index (κ2) is 5.63. The Balaban J connectivity index is 3.05. The average Bonchev–Trinajstić information content (AvgIpc) is 2.28. The monoisotopic (exact) mass is 302 g/mol. The molecule has 4 heteroatoms. The second-order valence-electron chi connectivity index (χ2n) is 4.21. The van der Waals surface area contributed by atoms with E-state index in [1.54, 1.807) is 12.1 Å². The summed E-state index contributed by atoms with van der Waals surface area (Å²) in [5.41, 5.74) is -0.409. The van der Waals surface area contributed by atoms with Crippen molar-refractivity contribution in [3.63, 3.8) is 0 Å². The van der Waals surface area contributed by atoms with Crippen molar-refractivity contribution in [2.24, 2.45) is 5.41 Å². The van der Waals surface area contributed by atoms with E-state index >= 15 is 0 Å². The van der Waals surface area contributed by atoms with Gasteiger partial charge in [0.25, 0.3) is 0 Å². The van der Waals surface area contributed by atoms with Crippen LogP contribution in [0.4, 0.5) is 4.39 Å². The number of hydrogen-bond acceptors (Lipinski definition) is 1. The van der Waals surface area contributed by atoms with Crippen LogP contribution in [0, 0.1) is 11.2 Å². The molecule has 0 aliphatic carbocycles. The van der Waals surface area contributed by atoms with Crippen LogP contribution in [0.2, 0.25) is 0 Å². The molecule has 0 aromatic heterocycles. The van der Waals surface area contributed by atoms with Gasteiger partial charge in [-0.05, 0) is 37.0 Å². The summed E-state index contributed by atoms with van der Waals surface area (Å²) >= 11 is 3.18. The second-order valence-corrected chi connectivity index (χ2v) is 5.12. The first-order valence-corrected chi connectivity index (χ1v) is 6.42. The number of carboxylic acid groups (broad SMARTS) is 1. The van der Waals surface area contributed by atoms with Gasteiger partial charge < -0.3 is 5.11 Å². The first kappa shape index (κ1) is 14.2. The molecule has 0 unspecified atom stereocenters. The van der Waals surface area contributed by atoms with Crippen LogP contribution in [0.3, 0.4) is 0 Å². The first-order chi connectivity index (χ1) is 7.95. The fourth-order valence-electron chi connectivity index (χ4n) is 1.91. The van der Waals surface area contributed by atoms with Gasteiger partial charge in [-0.3, -0.25) is 4.79 Å². The lowest BCUT2D eigenvalue weighted by Gasteiger charge is -2.26. The predicted octanol–water partition coefficient (Wildman–Crippen LogP) is 4.02. The van der Waals surface area contributed by atoms with E-state index in [2.05, 4.69) is 15.9 Å². The van der Waals surface area contributed by atoms with Crippen LogP contribution in [0.15, 0.2) is 22.7 Å². The van der Waals surface area contributed by atoms with Gasteiger partial charge in [0.2, 0.25) is 0 Å². The van der Waals surface area contributed by atoms with Gasteiger partial charge in [0.05, 0.1) is 5.41 Å². The maximum Gasteiger partial charge on any atom is 0.309 e. The predicted molar refractivity (Wildman–Crippen MR) is 68.5 cm³/mol. The van der Waals surface area contributed by atoms with E-state index in [1.165, 1.54) is 6.07 Å². The molecule has 1 rings (SSSR count). The van der Waals surface area contributed by atoms with E-state index in [1.807, 2.05) is 13.8 Å². The Hall–Kier alpha value is -0.900. The summed E-state index contributed by atoms with van der Waals surface area (Å²) in [7, 11) is 0. The molecular weight excluding hydrogens is 287 g/mol. The first-order valence-electron chi connectivity index (χ1n) is 5.62. The Labute approximate surface area is 109 Å². The molecule has 0 fully saturated rings. The van der Waals surface area contributed by atoms with Crippen molar-refractivity contribution in [2.45, 2.75) is 33.1 Å². The summed E-state index contributed by atoms with van der Waals surface area (Å²) < 4.78 is 14.4. The molecule has 0 heterocycles. The van der Waals surface area contributed by atoms with Gasteiger partial charge in [-0.25, -0.2) is 4.39 Å². The van der Waals surface area contributed by atoms with Crippen molar-refractivity contribution in [1.82, 2.24) is 0 Å². The lowest BCUT2D eigenvalue weighted by Crippen LogP contribution is -2.32. The number of rotatable bonds is 5. The van der Waals surface area contributed by atoms with Crippen molar-refractivity contribution in [2.75, 3.05) is 0 Å². The maximum atomic E-state index is 13.7. The highest BCUT2D eigenvalue weighted by Crippen LogP contribution is 2.32. The van der Waals surface area contributed by atoms with Gasteiger partial charge in [0.15, 0.2) is 0 Å². The lowest BCUT2D eigenvalue weighted by molar-refractivity contribution is -0.149. The van der Waals surface area contributed by atoms with Gasteiger partial charge in [-0.15, -0.1) is 0 Å². The molecule has 1 aromatic rings. The molecule has 0 bridgehead atoms. The molecule has 0 aliphatic rings. The minimum Gasteiger partial charge on any atom is -0.481 e. The third-order valence-electron chi connectivity index (χ3n) is 3.35. The zero-order valence-corrected chi connectivity index (χ0v) is 11.6. The molecule has 0 radical (unpaired) electrons. The summed E-state index contributed by atoms with van der Waals surface area (Å²) in [6, 6.07) is 4.74. The molecule has 0 saturated carbocycles. The van der Waals surface area contributed by atoms with Gasteiger partial charge >= 0.3 is 5.97 Å². The molecule has 2 nitrogen and oxygen atoms in total. The molecule has 0 aliphatic heterocycles. The van der Waals surface area contributed by atoms with Crippen LogP contribution < -0.4 is 0 Å². The summed E-state index contributed by atoms with van der Waals surface area (Å²) in [6.07, 6.45) is 1.22. The van der Waals surface area contributed by atoms with Crippen LogP contribution in [-0.2, 0) is 11.2 Å². The Morgan fingerprint density at radius 2 is 2.00 bits per heavy atom. The quantitative estimate of drug-likeness (QED) is 0.892. The van der Waals surface area contributed by atoms with Crippen LogP contribution >= 0.6 is 15.9 Å². The minimum absolute atomic E-state index is 0.231. The molecular formula is C13H16BrFO2. The van der Waals surface area contributed by atoms with Gasteiger partial charge in [0.1, 0.15) is 5.82 Å². The Morgan fingerprint density at radius 1 is 1.41 bits per heavy atom. The summed E-state index contributed by atoms with van der Waals surface area (Å²) in [6.45, 7) is 3.66. The van der Waals surface area contributed by atoms with E-state index < -0.39 is 11.4 Å². The molecule has 0 atom stereocenters. The number of aliphatic carboxylic acids is 1. The topological polar surface area (TPSA) is 37.3 Å². The normalized spacial score (nSPS) is 11.5. The van der Waals surface area contributed by atoms with Crippen LogP contribution in [0.5, 0.6) is 0 Å². The Kier molecular flexibility index (Phi) is 4.69. The zero-order chi connectivity index (χ0) is 13.1. The highest BCUT2D eigenvalue weighted by atomic mass is 79.9. The van der Waals surface area contributed by atoms with Crippen LogP contribution in [-0.4, -0.2) is 11.1 Å². The molecule has 17 heavy (non-hydrogen) atoms. The van der Waals surface area contributed by atoms with Crippen LogP contribution in [0.1, 0.15) is 32.3 Å². The molecule has 0 amide bonds. The van der Waals surface area contributed by atoms with Crippen molar-refractivity contribution in [1.29, 1.82) is 0 Å². The lowest BCUT2D eigenvalue weighted by atomic mass is 9.77. The fourth-order valence-corrected chi connectivity index (χ4v) is 2.24. The van der Waals surface area contributed by atoms with Crippen LogP contribution in [0.25, 0.3) is 0 Å². The number of hydrogen-bond donors (Lipinski definition) is 1. The fraction of sp³-hybridized carbons (Fsp3) is 0.462. The van der Waals surface area contributed by atoms with Crippen molar-refractivity contribution >= 4 is 21.9 Å². The molecule has 94 valence electrons. The van der Waals surface area contributed by atoms with E-state index in [9.17, 15) is 14.3 Å². The third kappa shape index (κ3) is 3.06. The summed E-state index contributed by atoms with van der Waals surface area (Å²) in [5.74, 6) is -1.21. The van der Waals surface area contributed by atoms with Gasteiger partial charge in [0, 0.05) is 4.47 Å². The Morgan fingerprint density at radius 3 is 2.41 bits per heavy atom. The SMILES string of the molecule is CCC(CC)(Cc1ccc(Br)cc1F)C(=O)O. The molecule has 1 aromatic carbocycles. The van der Waals surface area contributed by atoms with E-state index in [-0.39, 0.29) is 12.2 Å². The Bertz CT molecular complexity index is 414. The largest absolute Gasteiger partial charge is 0.481 e. The number of benzene rings is 1. The maximum absolute atomic E-state index is 13.7. The average molecular weight is 303 g/mol. The van der Waals surface area contributed by atoms with E-state index in [0.29, 0.717) is 22.9 Å². The highest BCUT2D eigenvalue weighted by Gasteiger charge is 2.35. The van der Waals surface area contributed by atoms with Gasteiger partial charge in [-0.2, -0.15) is 0 Å². The van der Waals surface area contributed by atoms with E-state index in [4.69, 9.17) is 0 Å². The van der Waals surface area contributed by atoms with Gasteiger partial charge in [-0.1, -0.05) is 35.8 Å². The zero-order valence-electron chi connectivity index (χ0n) is 9.96. The summed E-state index contributed by atoms with van der Waals surface area (Å²) in [5, 5.41) is 9.30. The highest BCUT2D eigenvalue weighted by molar-refractivity contribution is 9.10. The van der Waals surface area contributed by atoms with Crippen molar-refractivity contribution in [3.05, 3.63) is 34.1 Å². The third-order valence-corrected chi connectivity index (χ3v) is 3.84. The number of carboxylic acids is 1. The number of carbonyl (C=O) groups is 1. The number of halogens is 2. The standard InChI is InChI=1S/C13H16BrFO2/c1-3-13(4-2,12(16)17)8-9-5-6-10(14)7-11(9)15/h5-7H,3-4,8H2,1-2H3,(H,16,17).